The maximum Gasteiger partial charge on any atom is 0.323 e. The number of aryl methyl sites for hydroxylation is 1. The minimum Gasteiger partial charge on any atom is -0.480 e. The number of nitrogens with zero attached hydrogens (tertiary/aromatic N) is 4. The van der Waals surface area contributed by atoms with E-state index in [1.54, 1.807) is 40.0 Å². The first-order valence-electron chi connectivity index (χ1n) is 10.4. The van der Waals surface area contributed by atoms with E-state index in [0.717, 1.165) is 0 Å². The van der Waals surface area contributed by atoms with Gasteiger partial charge in [0.05, 0.1) is 21.9 Å². The lowest BCUT2D eigenvalue weighted by molar-refractivity contribution is -0.384. The van der Waals surface area contributed by atoms with Crippen LogP contribution in [-0.2, 0) is 20.7 Å². The Labute approximate surface area is 201 Å². The number of esters is 1. The number of hydrogen-bond donors (Lipinski definition) is 1. The van der Waals surface area contributed by atoms with Gasteiger partial charge in [0.15, 0.2) is 10.6 Å². The van der Waals surface area contributed by atoms with Crippen LogP contribution in [0.5, 0.6) is 0 Å². The van der Waals surface area contributed by atoms with Crippen LogP contribution in [0.15, 0.2) is 29.4 Å². The molecule has 1 atom stereocenters. The maximum absolute atomic E-state index is 12.9. The van der Waals surface area contributed by atoms with Gasteiger partial charge in [-0.25, -0.2) is 9.97 Å². The summed E-state index contributed by atoms with van der Waals surface area (Å²) in [5.41, 5.74) is -1.97. The number of carboxylic acid groups (broad SMARTS) is 1. The van der Waals surface area contributed by atoms with E-state index in [4.69, 9.17) is 4.74 Å². The zero-order chi connectivity index (χ0) is 25.7. The number of carboxylic acids is 1. The lowest BCUT2D eigenvalue weighted by Gasteiger charge is -2.30. The molecule has 2 aromatic rings. The van der Waals surface area contributed by atoms with Crippen molar-refractivity contribution in [2.24, 2.45) is 5.41 Å². The fourth-order valence-corrected chi connectivity index (χ4v) is 3.71. The number of benzene rings is 1. The standard InChI is InChI=1S/C23H26N4O6S/c1-6-23(19(28)29,20(30)33-22(2,3)4)11-10-17-16(13-24)18(26-21(25-17)34-5)14-8-7-9-15(12-14)27(31)32/h7-9,12H,6,10-11H2,1-5H3,(H,28,29). The van der Waals surface area contributed by atoms with Crippen LogP contribution in [0, 0.1) is 26.9 Å². The highest BCUT2D eigenvalue weighted by Crippen LogP contribution is 2.34. The molecule has 0 aliphatic rings. The van der Waals surface area contributed by atoms with Gasteiger partial charge in [0.25, 0.3) is 5.69 Å². The quantitative estimate of drug-likeness (QED) is 0.134. The molecule has 1 heterocycles. The molecule has 10 nitrogen and oxygen atoms in total. The Morgan fingerprint density at radius 3 is 2.47 bits per heavy atom. The lowest BCUT2D eigenvalue weighted by Crippen LogP contribution is -2.43. The highest BCUT2D eigenvalue weighted by Gasteiger charge is 2.47. The highest BCUT2D eigenvalue weighted by atomic mass is 32.2. The number of non-ortho nitro benzene ring substituents is 1. The van der Waals surface area contributed by atoms with E-state index in [9.17, 15) is 30.1 Å². The normalized spacial score (nSPS) is 12.9. The Balaban J connectivity index is 2.57. The number of nitriles is 1. The summed E-state index contributed by atoms with van der Waals surface area (Å²) < 4.78 is 5.39. The molecule has 0 saturated carbocycles. The predicted molar refractivity (Wildman–Crippen MR) is 125 cm³/mol. The van der Waals surface area contributed by atoms with Crippen LogP contribution in [0.1, 0.15) is 51.8 Å². The molecule has 1 unspecified atom stereocenters. The number of aliphatic carboxylic acids is 1. The lowest BCUT2D eigenvalue weighted by atomic mass is 9.79. The van der Waals surface area contributed by atoms with E-state index in [0.29, 0.717) is 10.7 Å². The number of carbonyl (C=O) groups is 2. The third-order valence-corrected chi connectivity index (χ3v) is 5.73. The van der Waals surface area contributed by atoms with Crippen molar-refractivity contribution in [3.05, 3.63) is 45.6 Å². The molecule has 1 aromatic carbocycles. The topological polar surface area (TPSA) is 156 Å². The van der Waals surface area contributed by atoms with Crippen molar-refractivity contribution >= 4 is 29.4 Å². The maximum atomic E-state index is 12.9. The fraction of sp³-hybridized carbons (Fsp3) is 0.435. The van der Waals surface area contributed by atoms with Crippen molar-refractivity contribution in [3.8, 4) is 17.3 Å². The number of aromatic nitrogens is 2. The van der Waals surface area contributed by atoms with Crippen molar-refractivity contribution in [1.29, 1.82) is 5.26 Å². The second-order valence-electron chi connectivity index (χ2n) is 8.54. The van der Waals surface area contributed by atoms with Crippen molar-refractivity contribution in [2.45, 2.75) is 57.7 Å². The molecule has 34 heavy (non-hydrogen) atoms. The zero-order valence-corrected chi connectivity index (χ0v) is 20.4. The van der Waals surface area contributed by atoms with Gasteiger partial charge in [-0.3, -0.25) is 19.7 Å². The summed E-state index contributed by atoms with van der Waals surface area (Å²) in [6, 6.07) is 7.77. The fourth-order valence-electron chi connectivity index (χ4n) is 3.33. The molecule has 0 radical (unpaired) electrons. The van der Waals surface area contributed by atoms with Crippen molar-refractivity contribution < 1.29 is 24.4 Å². The van der Waals surface area contributed by atoms with E-state index in [1.165, 1.54) is 30.0 Å². The van der Waals surface area contributed by atoms with Gasteiger partial charge in [0.2, 0.25) is 0 Å². The second kappa shape index (κ2) is 10.6. The van der Waals surface area contributed by atoms with Gasteiger partial charge < -0.3 is 9.84 Å². The van der Waals surface area contributed by atoms with E-state index in [1.807, 2.05) is 6.07 Å². The number of carbonyl (C=O) groups excluding carboxylic acids is 1. The number of thioether (sulfide) groups is 1. The molecular weight excluding hydrogens is 460 g/mol. The smallest absolute Gasteiger partial charge is 0.323 e. The molecule has 0 aliphatic carbocycles. The van der Waals surface area contributed by atoms with Gasteiger partial charge in [0.1, 0.15) is 11.7 Å². The van der Waals surface area contributed by atoms with Crippen molar-refractivity contribution in [3.63, 3.8) is 0 Å². The average molecular weight is 487 g/mol. The Morgan fingerprint density at radius 1 is 1.29 bits per heavy atom. The van der Waals surface area contributed by atoms with Gasteiger partial charge in [-0.15, -0.1) is 0 Å². The van der Waals surface area contributed by atoms with Crippen molar-refractivity contribution in [2.75, 3.05) is 6.26 Å². The van der Waals surface area contributed by atoms with E-state index < -0.39 is 27.9 Å². The summed E-state index contributed by atoms with van der Waals surface area (Å²) in [6.45, 7) is 6.55. The van der Waals surface area contributed by atoms with Crippen LogP contribution in [0.2, 0.25) is 0 Å². The Morgan fingerprint density at radius 2 is 1.97 bits per heavy atom. The molecule has 0 fully saturated rings. The molecular formula is C23H26N4O6S. The summed E-state index contributed by atoms with van der Waals surface area (Å²) >= 11 is 1.21. The molecule has 180 valence electrons. The Kier molecular flexibility index (Phi) is 8.34. The molecule has 11 heteroatoms. The number of nitro groups is 1. The minimum absolute atomic E-state index is 0.0136. The number of rotatable bonds is 9. The summed E-state index contributed by atoms with van der Waals surface area (Å²) in [6.07, 6.45) is 1.55. The third-order valence-electron chi connectivity index (χ3n) is 5.18. The number of nitro benzene ring substituents is 1. The van der Waals surface area contributed by atoms with Crippen molar-refractivity contribution in [1.82, 2.24) is 9.97 Å². The average Bonchev–Trinajstić information content (AvgIpc) is 2.77. The second-order valence-corrected chi connectivity index (χ2v) is 9.32. The van der Waals surface area contributed by atoms with Crippen LogP contribution in [0.3, 0.4) is 0 Å². The van der Waals surface area contributed by atoms with Crippen LogP contribution >= 0.6 is 11.8 Å². The summed E-state index contributed by atoms with van der Waals surface area (Å²) in [5, 5.41) is 31.3. The minimum atomic E-state index is -1.82. The monoisotopic (exact) mass is 486 g/mol. The molecule has 0 saturated heterocycles. The Bertz CT molecular complexity index is 1160. The molecule has 0 bridgehead atoms. The summed E-state index contributed by atoms with van der Waals surface area (Å²) in [4.78, 5) is 44.5. The van der Waals surface area contributed by atoms with Gasteiger partial charge >= 0.3 is 11.9 Å². The highest BCUT2D eigenvalue weighted by molar-refractivity contribution is 7.98. The Hall–Kier alpha value is -3.52. The van der Waals surface area contributed by atoms with Crippen LogP contribution in [-0.4, -0.2) is 43.8 Å². The van der Waals surface area contributed by atoms with Gasteiger partial charge in [-0.1, -0.05) is 30.8 Å². The largest absolute Gasteiger partial charge is 0.480 e. The number of hydrogen-bond acceptors (Lipinski definition) is 9. The third kappa shape index (κ3) is 5.88. The van der Waals surface area contributed by atoms with Crippen LogP contribution in [0.25, 0.3) is 11.3 Å². The molecule has 1 aromatic heterocycles. The van der Waals surface area contributed by atoms with Crippen LogP contribution < -0.4 is 0 Å². The predicted octanol–water partition coefficient (Wildman–Crippen LogP) is 4.40. The van der Waals surface area contributed by atoms with Gasteiger partial charge in [-0.05, 0) is 46.3 Å². The molecule has 0 aliphatic heterocycles. The molecule has 1 N–H and O–H groups in total. The first kappa shape index (κ1) is 26.7. The summed E-state index contributed by atoms with van der Waals surface area (Å²) in [7, 11) is 0. The summed E-state index contributed by atoms with van der Waals surface area (Å²) in [5.74, 6) is -2.17. The first-order chi connectivity index (χ1) is 15.9. The SMILES string of the molecule is CCC(CCc1nc(SC)nc(-c2cccc([N+](=O)[O-])c2)c1C#N)(C(=O)O)C(=O)OC(C)(C)C. The zero-order valence-electron chi connectivity index (χ0n) is 19.6. The van der Waals surface area contributed by atoms with Gasteiger partial charge in [0, 0.05) is 17.7 Å². The van der Waals surface area contributed by atoms with E-state index in [2.05, 4.69) is 9.97 Å². The van der Waals surface area contributed by atoms with Gasteiger partial charge in [-0.2, -0.15) is 5.26 Å². The molecule has 0 spiro atoms. The van der Waals surface area contributed by atoms with E-state index >= 15 is 0 Å². The molecule has 2 rings (SSSR count). The van der Waals surface area contributed by atoms with E-state index in [-0.39, 0.29) is 41.9 Å². The first-order valence-corrected chi connectivity index (χ1v) is 11.7. The van der Waals surface area contributed by atoms with Crippen LogP contribution in [0.4, 0.5) is 5.69 Å². The number of ether oxygens (including phenoxy) is 1. The molecule has 0 amide bonds.